The zero-order valence-corrected chi connectivity index (χ0v) is 15.0. The van der Waals surface area contributed by atoms with Gasteiger partial charge >= 0.3 is 0 Å². The van der Waals surface area contributed by atoms with E-state index in [-0.39, 0.29) is 5.82 Å². The Labute approximate surface area is 146 Å². The fraction of sp³-hybridized carbons (Fsp3) is 0.350. The Morgan fingerprint density at radius 2 is 1.88 bits per heavy atom. The van der Waals surface area contributed by atoms with Gasteiger partial charge in [0.2, 0.25) is 0 Å². The quantitative estimate of drug-likeness (QED) is 0.700. The summed E-state index contributed by atoms with van der Waals surface area (Å²) in [6.07, 6.45) is 5.27. The van der Waals surface area contributed by atoms with Gasteiger partial charge in [-0.2, -0.15) is 0 Å². The highest BCUT2D eigenvalue weighted by Gasteiger charge is 2.24. The van der Waals surface area contributed by atoms with Gasteiger partial charge in [-0.15, -0.1) is 10.2 Å². The first-order chi connectivity index (χ1) is 12.0. The molecule has 5 heteroatoms. The molecule has 0 bridgehead atoms. The van der Waals surface area contributed by atoms with Crippen LogP contribution in [0, 0.1) is 19.7 Å². The molecule has 0 radical (unpaired) electrons. The summed E-state index contributed by atoms with van der Waals surface area (Å²) in [4.78, 5) is 4.34. The summed E-state index contributed by atoms with van der Waals surface area (Å²) in [6, 6.07) is 3.72. The number of hydrogen-bond acceptors (Lipinski definition) is 3. The molecular formula is C20H21FN4. The number of nitrogens with zero attached hydrogens (tertiary/aromatic N) is 4. The minimum atomic E-state index is -0.229. The van der Waals surface area contributed by atoms with Gasteiger partial charge in [-0.3, -0.25) is 9.55 Å². The zero-order valence-electron chi connectivity index (χ0n) is 15.0. The summed E-state index contributed by atoms with van der Waals surface area (Å²) < 4.78 is 16.9. The van der Waals surface area contributed by atoms with E-state index in [0.29, 0.717) is 11.6 Å². The van der Waals surface area contributed by atoms with Gasteiger partial charge in [0.15, 0.2) is 0 Å². The summed E-state index contributed by atoms with van der Waals surface area (Å²) in [7, 11) is 0. The molecule has 25 heavy (non-hydrogen) atoms. The van der Waals surface area contributed by atoms with Crippen molar-refractivity contribution in [2.24, 2.45) is 0 Å². The van der Waals surface area contributed by atoms with E-state index in [1.165, 1.54) is 5.56 Å². The molecule has 0 amide bonds. The molecule has 0 fully saturated rings. The van der Waals surface area contributed by atoms with E-state index in [9.17, 15) is 0 Å². The number of hydrogen-bond donors (Lipinski definition) is 0. The van der Waals surface area contributed by atoms with Gasteiger partial charge in [0.1, 0.15) is 17.5 Å². The van der Waals surface area contributed by atoms with Crippen LogP contribution < -0.4 is 0 Å². The second-order valence-corrected chi connectivity index (χ2v) is 7.04. The molecule has 0 unspecified atom stereocenters. The minimum Gasteiger partial charge on any atom is -0.280 e. The first kappa shape index (κ1) is 15.9. The zero-order chi connectivity index (χ0) is 17.7. The molecule has 0 aliphatic carbocycles. The third-order valence-corrected chi connectivity index (χ3v) is 4.95. The summed E-state index contributed by atoms with van der Waals surface area (Å²) in [5.41, 5.74) is 5.88. The number of aromatic nitrogens is 4. The molecule has 1 aliphatic rings. The fourth-order valence-corrected chi connectivity index (χ4v) is 3.93. The Morgan fingerprint density at radius 3 is 2.64 bits per heavy atom. The van der Waals surface area contributed by atoms with Crippen LogP contribution in [0.15, 0.2) is 24.5 Å². The van der Waals surface area contributed by atoms with E-state index < -0.39 is 0 Å². The van der Waals surface area contributed by atoms with Crippen molar-refractivity contribution in [2.45, 2.75) is 46.5 Å². The predicted molar refractivity (Wildman–Crippen MR) is 95.5 cm³/mol. The molecule has 0 atom stereocenters. The number of aryl methyl sites for hydroxylation is 4. The second kappa shape index (κ2) is 5.76. The van der Waals surface area contributed by atoms with Crippen LogP contribution in [0.1, 0.15) is 48.1 Å². The largest absolute Gasteiger partial charge is 0.280 e. The van der Waals surface area contributed by atoms with Gasteiger partial charge in [0.05, 0.1) is 5.69 Å². The number of pyridine rings is 1. The highest BCUT2D eigenvalue weighted by atomic mass is 19.1. The monoisotopic (exact) mass is 336 g/mol. The first-order valence-corrected chi connectivity index (χ1v) is 8.66. The Kier molecular flexibility index (Phi) is 3.67. The Morgan fingerprint density at radius 1 is 1.08 bits per heavy atom. The molecule has 2 aromatic heterocycles. The van der Waals surface area contributed by atoms with Gasteiger partial charge in [-0.25, -0.2) is 4.39 Å². The van der Waals surface area contributed by atoms with Gasteiger partial charge in [-0.05, 0) is 60.6 Å². The number of halogens is 1. The summed E-state index contributed by atoms with van der Waals surface area (Å²) >= 11 is 0. The Balaban J connectivity index is 1.93. The summed E-state index contributed by atoms with van der Waals surface area (Å²) in [5, 5.41) is 8.27. The third-order valence-electron chi connectivity index (χ3n) is 4.95. The second-order valence-electron chi connectivity index (χ2n) is 7.04. The molecule has 4 rings (SSSR count). The molecule has 0 N–H and O–H groups in total. The Hall–Kier alpha value is -2.56. The summed E-state index contributed by atoms with van der Waals surface area (Å²) in [6.45, 7) is 8.24. The van der Waals surface area contributed by atoms with Crippen LogP contribution in [-0.2, 0) is 12.8 Å². The molecule has 3 aromatic rings. The van der Waals surface area contributed by atoms with E-state index in [4.69, 9.17) is 0 Å². The van der Waals surface area contributed by atoms with Crippen molar-refractivity contribution in [1.29, 1.82) is 0 Å². The van der Waals surface area contributed by atoms with Crippen LogP contribution in [0.25, 0.3) is 16.8 Å². The van der Waals surface area contributed by atoms with Gasteiger partial charge in [-0.1, -0.05) is 13.8 Å². The minimum absolute atomic E-state index is 0.229. The topological polar surface area (TPSA) is 43.6 Å². The number of rotatable bonds is 2. The van der Waals surface area contributed by atoms with Gasteiger partial charge < -0.3 is 0 Å². The van der Waals surface area contributed by atoms with Crippen LogP contribution in [0.2, 0.25) is 0 Å². The van der Waals surface area contributed by atoms with E-state index in [1.54, 1.807) is 6.07 Å². The molecule has 3 heterocycles. The SMILES string of the molecule is Cc1cncc(-c2cc(F)c3c(c2)CCc2nnc(C)n2-3)c1C(C)C. The lowest BCUT2D eigenvalue weighted by Gasteiger charge is -2.22. The van der Waals surface area contributed by atoms with Crippen molar-refractivity contribution in [3.63, 3.8) is 0 Å². The summed E-state index contributed by atoms with van der Waals surface area (Å²) in [5.74, 6) is 1.68. The number of benzene rings is 1. The van der Waals surface area contributed by atoms with Gasteiger partial charge in [0.25, 0.3) is 0 Å². The molecule has 1 aromatic carbocycles. The van der Waals surface area contributed by atoms with Crippen LogP contribution in [0.5, 0.6) is 0 Å². The normalized spacial score (nSPS) is 13.0. The van der Waals surface area contributed by atoms with Crippen molar-refractivity contribution in [1.82, 2.24) is 19.7 Å². The lowest BCUT2D eigenvalue weighted by molar-refractivity contribution is 0.602. The molecule has 128 valence electrons. The lowest BCUT2D eigenvalue weighted by Crippen LogP contribution is -2.15. The molecule has 0 saturated carbocycles. The lowest BCUT2D eigenvalue weighted by atomic mass is 9.89. The predicted octanol–water partition coefficient (Wildman–Crippen LogP) is 4.31. The fourth-order valence-electron chi connectivity index (χ4n) is 3.93. The van der Waals surface area contributed by atoms with E-state index >= 15 is 4.39 Å². The number of fused-ring (bicyclic) bond motifs is 3. The van der Waals surface area contributed by atoms with E-state index in [1.807, 2.05) is 23.9 Å². The highest BCUT2D eigenvalue weighted by Crippen LogP contribution is 2.36. The molecule has 4 nitrogen and oxygen atoms in total. The average molecular weight is 336 g/mol. The highest BCUT2D eigenvalue weighted by molar-refractivity contribution is 5.71. The smallest absolute Gasteiger partial charge is 0.148 e. The maximum atomic E-state index is 15.1. The standard InChI is InChI=1S/C20H21FN4/c1-11(2)19-12(3)9-22-10-16(19)15-7-14-5-6-18-24-23-13(4)25(18)20(14)17(21)8-15/h7-11H,5-6H2,1-4H3. The van der Waals surface area contributed by atoms with Crippen molar-refractivity contribution in [3.05, 3.63) is 58.7 Å². The van der Waals surface area contributed by atoms with Gasteiger partial charge in [0, 0.05) is 24.4 Å². The van der Waals surface area contributed by atoms with Crippen molar-refractivity contribution >= 4 is 0 Å². The van der Waals surface area contributed by atoms with Crippen LogP contribution in [0.3, 0.4) is 0 Å². The van der Waals surface area contributed by atoms with Crippen LogP contribution in [-0.4, -0.2) is 19.7 Å². The van der Waals surface area contributed by atoms with Crippen LogP contribution in [0.4, 0.5) is 4.39 Å². The van der Waals surface area contributed by atoms with E-state index in [0.717, 1.165) is 46.7 Å². The Bertz CT molecular complexity index is 972. The van der Waals surface area contributed by atoms with Crippen molar-refractivity contribution in [2.75, 3.05) is 0 Å². The van der Waals surface area contributed by atoms with Crippen molar-refractivity contribution in [3.8, 4) is 16.8 Å². The molecular weight excluding hydrogens is 315 g/mol. The maximum Gasteiger partial charge on any atom is 0.148 e. The third kappa shape index (κ3) is 2.46. The van der Waals surface area contributed by atoms with Crippen LogP contribution >= 0.6 is 0 Å². The molecule has 0 saturated heterocycles. The van der Waals surface area contributed by atoms with Crippen molar-refractivity contribution < 1.29 is 4.39 Å². The molecule has 1 aliphatic heterocycles. The maximum absolute atomic E-state index is 15.1. The molecule has 0 spiro atoms. The van der Waals surface area contributed by atoms with E-state index in [2.05, 4.69) is 42.0 Å². The first-order valence-electron chi connectivity index (χ1n) is 8.66. The average Bonchev–Trinajstić information content (AvgIpc) is 2.95.